The zero-order valence-corrected chi connectivity index (χ0v) is 17.2. The smallest absolute Gasteiger partial charge is 0.254 e. The molecule has 2 saturated heterocycles. The summed E-state index contributed by atoms with van der Waals surface area (Å²) in [6.45, 7) is 1.95. The van der Waals surface area contributed by atoms with Gasteiger partial charge in [-0.2, -0.15) is 9.57 Å². The van der Waals surface area contributed by atoms with E-state index < -0.39 is 10.0 Å². The summed E-state index contributed by atoms with van der Waals surface area (Å²) in [4.78, 5) is 18.6. The van der Waals surface area contributed by atoms with Gasteiger partial charge in [-0.05, 0) is 43.2 Å². The highest BCUT2D eigenvalue weighted by atomic mass is 32.2. The Kier molecular flexibility index (Phi) is 5.70. The average Bonchev–Trinajstić information content (AvgIpc) is 2.76. The van der Waals surface area contributed by atoms with E-state index in [4.69, 9.17) is 10.00 Å². The van der Waals surface area contributed by atoms with Crippen LogP contribution in [0.15, 0.2) is 47.5 Å². The summed E-state index contributed by atoms with van der Waals surface area (Å²) in [7, 11) is -3.50. The Labute approximate surface area is 175 Å². The standard InChI is InChI=1S/C21H22N4O4S/c22-12-16-4-9-20(23-13-16)29-18-14-24(15-18)21(26)17-5-7-19(8-6-17)30(27,28)25-10-2-1-3-11-25/h4-9,13,18H,1-3,10-11,14-15H2. The first kappa shape index (κ1) is 20.3. The summed E-state index contributed by atoms with van der Waals surface area (Å²) in [5.41, 5.74) is 0.904. The highest BCUT2D eigenvalue weighted by Crippen LogP contribution is 2.23. The lowest BCUT2D eigenvalue weighted by Gasteiger charge is -2.38. The van der Waals surface area contributed by atoms with E-state index in [9.17, 15) is 13.2 Å². The van der Waals surface area contributed by atoms with Crippen LogP contribution in [0.5, 0.6) is 5.88 Å². The predicted octanol–water partition coefficient (Wildman–Crippen LogP) is 2.03. The lowest BCUT2D eigenvalue weighted by molar-refractivity contribution is 0.0160. The van der Waals surface area contributed by atoms with E-state index in [1.807, 2.05) is 6.07 Å². The molecule has 0 spiro atoms. The third-order valence-corrected chi connectivity index (χ3v) is 7.26. The van der Waals surface area contributed by atoms with Crippen LogP contribution in [0.2, 0.25) is 0 Å². The Morgan fingerprint density at radius 2 is 1.77 bits per heavy atom. The molecule has 2 aromatic rings. The number of nitrogens with zero attached hydrogens (tertiary/aromatic N) is 4. The van der Waals surface area contributed by atoms with Gasteiger partial charge in [0.15, 0.2) is 0 Å². The third kappa shape index (κ3) is 4.15. The summed E-state index contributed by atoms with van der Waals surface area (Å²) in [6, 6.07) is 11.4. The average molecular weight is 426 g/mol. The molecular weight excluding hydrogens is 404 g/mol. The maximum Gasteiger partial charge on any atom is 0.254 e. The molecule has 9 heteroatoms. The maximum absolute atomic E-state index is 12.7. The number of piperidine rings is 1. The number of rotatable bonds is 5. The number of ether oxygens (including phenoxy) is 1. The number of aromatic nitrogens is 1. The molecule has 0 aliphatic carbocycles. The highest BCUT2D eigenvalue weighted by Gasteiger charge is 2.33. The van der Waals surface area contributed by atoms with Crippen LogP contribution in [-0.4, -0.2) is 60.8 Å². The first-order chi connectivity index (χ1) is 14.5. The van der Waals surface area contributed by atoms with Crippen molar-refractivity contribution in [2.24, 2.45) is 0 Å². The molecule has 2 aliphatic heterocycles. The number of hydrogen-bond donors (Lipinski definition) is 0. The van der Waals surface area contributed by atoms with Gasteiger partial charge in [-0.3, -0.25) is 4.79 Å². The SMILES string of the molecule is N#Cc1ccc(OC2CN(C(=O)c3ccc(S(=O)(=O)N4CCCCC4)cc3)C2)nc1. The second kappa shape index (κ2) is 8.42. The molecule has 8 nitrogen and oxygen atoms in total. The minimum atomic E-state index is -3.50. The van der Waals surface area contributed by atoms with Crippen molar-refractivity contribution in [1.82, 2.24) is 14.2 Å². The van der Waals surface area contributed by atoms with Gasteiger partial charge in [0.05, 0.1) is 23.5 Å². The number of hydrogen-bond acceptors (Lipinski definition) is 6. The van der Waals surface area contributed by atoms with Gasteiger partial charge in [0.2, 0.25) is 15.9 Å². The minimum absolute atomic E-state index is 0.159. The number of sulfonamides is 1. The number of likely N-dealkylation sites (tertiary alicyclic amines) is 1. The second-order valence-electron chi connectivity index (χ2n) is 7.44. The first-order valence-electron chi connectivity index (χ1n) is 9.90. The maximum atomic E-state index is 12.7. The van der Waals surface area contributed by atoms with Crippen LogP contribution in [0.1, 0.15) is 35.2 Å². The molecule has 0 saturated carbocycles. The van der Waals surface area contributed by atoms with E-state index in [2.05, 4.69) is 4.98 Å². The zero-order valence-electron chi connectivity index (χ0n) is 16.4. The van der Waals surface area contributed by atoms with Gasteiger partial charge in [0.25, 0.3) is 5.91 Å². The Morgan fingerprint density at radius 3 is 2.37 bits per heavy atom. The van der Waals surface area contributed by atoms with Gasteiger partial charge in [0.1, 0.15) is 12.2 Å². The molecule has 2 aliphatic rings. The monoisotopic (exact) mass is 426 g/mol. The molecule has 3 heterocycles. The predicted molar refractivity (Wildman–Crippen MR) is 108 cm³/mol. The van der Waals surface area contributed by atoms with Crippen LogP contribution >= 0.6 is 0 Å². The van der Waals surface area contributed by atoms with E-state index in [0.29, 0.717) is 43.2 Å². The number of carbonyl (C=O) groups is 1. The molecule has 0 unspecified atom stereocenters. The van der Waals surface area contributed by atoms with Crippen molar-refractivity contribution < 1.29 is 17.9 Å². The number of carbonyl (C=O) groups excluding carboxylic acids is 1. The Morgan fingerprint density at radius 1 is 1.07 bits per heavy atom. The Balaban J connectivity index is 1.34. The number of amides is 1. The van der Waals surface area contributed by atoms with Crippen molar-refractivity contribution in [1.29, 1.82) is 5.26 Å². The fraction of sp³-hybridized carbons (Fsp3) is 0.381. The van der Waals surface area contributed by atoms with E-state index >= 15 is 0 Å². The number of pyridine rings is 1. The zero-order chi connectivity index (χ0) is 21.1. The van der Waals surface area contributed by atoms with Gasteiger partial charge < -0.3 is 9.64 Å². The molecule has 156 valence electrons. The number of benzene rings is 1. The lowest BCUT2D eigenvalue weighted by atomic mass is 10.1. The Bertz CT molecular complexity index is 1050. The number of nitriles is 1. The van der Waals surface area contributed by atoms with Gasteiger partial charge in [-0.15, -0.1) is 0 Å². The van der Waals surface area contributed by atoms with E-state index in [-0.39, 0.29) is 16.9 Å². The molecule has 0 atom stereocenters. The molecule has 0 N–H and O–H groups in total. The van der Waals surface area contributed by atoms with Gasteiger partial charge in [0, 0.05) is 30.9 Å². The van der Waals surface area contributed by atoms with Crippen molar-refractivity contribution >= 4 is 15.9 Å². The normalized spacial score (nSPS) is 17.8. The van der Waals surface area contributed by atoms with Crippen molar-refractivity contribution in [2.75, 3.05) is 26.2 Å². The van der Waals surface area contributed by atoms with Crippen molar-refractivity contribution in [3.63, 3.8) is 0 Å². The summed E-state index contributed by atoms with van der Waals surface area (Å²) in [5.74, 6) is 0.253. The van der Waals surface area contributed by atoms with Crippen LogP contribution in [0.4, 0.5) is 0 Å². The molecule has 30 heavy (non-hydrogen) atoms. The van der Waals surface area contributed by atoms with Crippen LogP contribution in [0.3, 0.4) is 0 Å². The van der Waals surface area contributed by atoms with E-state index in [0.717, 1.165) is 19.3 Å². The third-order valence-electron chi connectivity index (χ3n) is 5.34. The topological polar surface area (TPSA) is 104 Å². The molecule has 1 aromatic carbocycles. The van der Waals surface area contributed by atoms with Gasteiger partial charge in [-0.25, -0.2) is 13.4 Å². The van der Waals surface area contributed by atoms with Crippen LogP contribution in [-0.2, 0) is 10.0 Å². The molecule has 4 rings (SSSR count). The molecule has 1 amide bonds. The van der Waals surface area contributed by atoms with Gasteiger partial charge in [-0.1, -0.05) is 6.42 Å². The minimum Gasteiger partial charge on any atom is -0.471 e. The van der Waals surface area contributed by atoms with Gasteiger partial charge >= 0.3 is 0 Å². The van der Waals surface area contributed by atoms with Crippen molar-refractivity contribution in [3.05, 3.63) is 53.7 Å². The fourth-order valence-electron chi connectivity index (χ4n) is 3.57. The lowest BCUT2D eigenvalue weighted by Crippen LogP contribution is -2.56. The first-order valence-corrected chi connectivity index (χ1v) is 11.3. The largest absolute Gasteiger partial charge is 0.471 e. The quantitative estimate of drug-likeness (QED) is 0.725. The van der Waals surface area contributed by atoms with Crippen LogP contribution in [0.25, 0.3) is 0 Å². The fourth-order valence-corrected chi connectivity index (χ4v) is 5.09. The molecule has 0 bridgehead atoms. The Hall–Kier alpha value is -2.96. The van der Waals surface area contributed by atoms with E-state index in [1.165, 1.54) is 22.6 Å². The summed E-state index contributed by atoms with van der Waals surface area (Å²) in [5, 5.41) is 8.79. The highest BCUT2D eigenvalue weighted by molar-refractivity contribution is 7.89. The molecular formula is C21H22N4O4S. The molecule has 2 fully saturated rings. The summed E-state index contributed by atoms with van der Waals surface area (Å²) >= 11 is 0. The molecule has 1 aromatic heterocycles. The molecule has 0 radical (unpaired) electrons. The van der Waals surface area contributed by atoms with E-state index in [1.54, 1.807) is 29.2 Å². The van der Waals surface area contributed by atoms with Crippen LogP contribution in [0, 0.1) is 11.3 Å². The summed E-state index contributed by atoms with van der Waals surface area (Å²) < 4.78 is 32.6. The second-order valence-corrected chi connectivity index (χ2v) is 9.37. The van der Waals surface area contributed by atoms with Crippen molar-refractivity contribution in [3.8, 4) is 11.9 Å². The van der Waals surface area contributed by atoms with Crippen molar-refractivity contribution in [2.45, 2.75) is 30.3 Å². The van der Waals surface area contributed by atoms with Crippen LogP contribution < -0.4 is 4.74 Å². The summed E-state index contributed by atoms with van der Waals surface area (Å²) in [6.07, 6.45) is 4.10.